The van der Waals surface area contributed by atoms with E-state index in [9.17, 15) is 4.79 Å². The fraction of sp³-hybridized carbons (Fsp3) is 0.0455. The lowest BCUT2D eigenvalue weighted by Crippen LogP contribution is -2.04. The molecule has 2 aliphatic rings. The number of aromatic carboxylic acids is 1. The van der Waals surface area contributed by atoms with E-state index in [0.29, 0.717) is 5.56 Å². The summed E-state index contributed by atoms with van der Waals surface area (Å²) in [4.78, 5) is 11.0. The first-order valence-corrected chi connectivity index (χ1v) is 8.19. The van der Waals surface area contributed by atoms with Gasteiger partial charge in [0, 0.05) is 17.5 Å². The first kappa shape index (κ1) is 15.2. The fourth-order valence-corrected chi connectivity index (χ4v) is 3.24. The van der Waals surface area contributed by atoms with Crippen LogP contribution in [0, 0.1) is 0 Å². The number of benzene rings is 2. The molecule has 1 aliphatic carbocycles. The predicted molar refractivity (Wildman–Crippen MR) is 101 cm³/mol. The van der Waals surface area contributed by atoms with Gasteiger partial charge in [0.15, 0.2) is 0 Å². The molecule has 0 aromatic heterocycles. The predicted octanol–water partition coefficient (Wildman–Crippen LogP) is 4.50. The smallest absolute Gasteiger partial charge is 0.335 e. The minimum absolute atomic E-state index is 0.312. The van der Waals surface area contributed by atoms with Gasteiger partial charge in [0.2, 0.25) is 0 Å². The molecular formula is C22H17NO2. The van der Waals surface area contributed by atoms with Crippen LogP contribution in [0.3, 0.4) is 0 Å². The molecule has 25 heavy (non-hydrogen) atoms. The minimum Gasteiger partial charge on any atom is -0.478 e. The first-order chi connectivity index (χ1) is 12.2. The number of hydrogen-bond acceptors (Lipinski definition) is 2. The number of fused-ring (bicyclic) bond motifs is 1. The van der Waals surface area contributed by atoms with E-state index in [-0.39, 0.29) is 0 Å². The SMILES string of the molecule is O=C(O)c1ccc(C2=Cc3c(cccc3C3=CC=CC=CN3)C2)cc1. The van der Waals surface area contributed by atoms with Crippen LogP contribution in [0.15, 0.2) is 73.0 Å². The number of carboxylic acid groups (broad SMARTS) is 1. The van der Waals surface area contributed by atoms with Crippen molar-refractivity contribution in [1.82, 2.24) is 5.32 Å². The van der Waals surface area contributed by atoms with Crippen molar-refractivity contribution in [3.8, 4) is 0 Å². The fourth-order valence-electron chi connectivity index (χ4n) is 3.24. The summed E-state index contributed by atoms with van der Waals surface area (Å²) in [5.41, 5.74) is 7.34. The third kappa shape index (κ3) is 2.92. The Morgan fingerprint density at radius 2 is 1.84 bits per heavy atom. The molecule has 2 N–H and O–H groups in total. The van der Waals surface area contributed by atoms with Gasteiger partial charge in [-0.2, -0.15) is 0 Å². The quantitative estimate of drug-likeness (QED) is 0.873. The molecule has 0 amide bonds. The van der Waals surface area contributed by atoms with Crippen molar-refractivity contribution in [2.75, 3.05) is 0 Å². The van der Waals surface area contributed by atoms with Gasteiger partial charge in [-0.05, 0) is 59.0 Å². The molecule has 122 valence electrons. The second kappa shape index (κ2) is 6.29. The molecule has 1 heterocycles. The molecule has 0 radical (unpaired) electrons. The summed E-state index contributed by atoms with van der Waals surface area (Å²) in [6.07, 6.45) is 13.1. The van der Waals surface area contributed by atoms with Crippen LogP contribution in [-0.2, 0) is 6.42 Å². The van der Waals surface area contributed by atoms with Gasteiger partial charge in [0.05, 0.1) is 5.56 Å². The van der Waals surface area contributed by atoms with E-state index in [2.05, 4.69) is 35.7 Å². The van der Waals surface area contributed by atoms with Gasteiger partial charge in [-0.25, -0.2) is 4.79 Å². The largest absolute Gasteiger partial charge is 0.478 e. The molecular weight excluding hydrogens is 310 g/mol. The summed E-state index contributed by atoms with van der Waals surface area (Å²) in [6.45, 7) is 0. The van der Waals surface area contributed by atoms with E-state index < -0.39 is 5.97 Å². The monoisotopic (exact) mass is 327 g/mol. The zero-order chi connectivity index (χ0) is 17.2. The number of carbonyl (C=O) groups is 1. The number of rotatable bonds is 3. The molecule has 2 aromatic rings. The average Bonchev–Trinajstić information content (AvgIpc) is 2.89. The Hall–Kier alpha value is -3.33. The molecule has 0 saturated heterocycles. The number of allylic oxidation sites excluding steroid dienone is 5. The molecule has 1 aliphatic heterocycles. The summed E-state index contributed by atoms with van der Waals surface area (Å²) >= 11 is 0. The van der Waals surface area contributed by atoms with Crippen molar-refractivity contribution in [2.24, 2.45) is 0 Å². The zero-order valence-electron chi connectivity index (χ0n) is 13.6. The summed E-state index contributed by atoms with van der Waals surface area (Å²) in [6, 6.07) is 13.4. The Balaban J connectivity index is 1.71. The molecule has 2 aromatic carbocycles. The number of carboxylic acids is 1. The van der Waals surface area contributed by atoms with Gasteiger partial charge < -0.3 is 10.4 Å². The molecule has 0 atom stereocenters. The average molecular weight is 327 g/mol. The van der Waals surface area contributed by atoms with E-state index >= 15 is 0 Å². The zero-order valence-corrected chi connectivity index (χ0v) is 13.6. The normalized spacial score (nSPS) is 15.0. The van der Waals surface area contributed by atoms with Crippen LogP contribution < -0.4 is 5.32 Å². The van der Waals surface area contributed by atoms with Gasteiger partial charge in [-0.3, -0.25) is 0 Å². The molecule has 0 fully saturated rings. The van der Waals surface area contributed by atoms with Crippen molar-refractivity contribution in [1.29, 1.82) is 0 Å². The van der Waals surface area contributed by atoms with E-state index in [4.69, 9.17) is 5.11 Å². The first-order valence-electron chi connectivity index (χ1n) is 8.19. The van der Waals surface area contributed by atoms with Gasteiger partial charge in [0.25, 0.3) is 0 Å². The van der Waals surface area contributed by atoms with Gasteiger partial charge in [-0.1, -0.05) is 42.5 Å². The summed E-state index contributed by atoms with van der Waals surface area (Å²) in [5, 5.41) is 12.4. The number of hydrogen-bond donors (Lipinski definition) is 2. The van der Waals surface area contributed by atoms with Crippen molar-refractivity contribution < 1.29 is 9.90 Å². The van der Waals surface area contributed by atoms with Crippen molar-refractivity contribution in [3.05, 3.63) is 101 Å². The van der Waals surface area contributed by atoms with Crippen LogP contribution in [0.5, 0.6) is 0 Å². The minimum atomic E-state index is -0.898. The maximum absolute atomic E-state index is 11.0. The topological polar surface area (TPSA) is 49.3 Å². The highest BCUT2D eigenvalue weighted by molar-refractivity contribution is 5.94. The lowest BCUT2D eigenvalue weighted by atomic mass is 10.00. The van der Waals surface area contributed by atoms with Crippen molar-refractivity contribution in [2.45, 2.75) is 6.42 Å². The summed E-state index contributed by atoms with van der Waals surface area (Å²) in [7, 11) is 0. The van der Waals surface area contributed by atoms with Crippen LogP contribution in [0.1, 0.15) is 32.6 Å². The molecule has 0 spiro atoms. The van der Waals surface area contributed by atoms with E-state index in [0.717, 1.165) is 17.7 Å². The van der Waals surface area contributed by atoms with Gasteiger partial charge >= 0.3 is 5.97 Å². The van der Waals surface area contributed by atoms with Crippen molar-refractivity contribution in [3.63, 3.8) is 0 Å². The van der Waals surface area contributed by atoms with Crippen molar-refractivity contribution >= 4 is 23.3 Å². The Morgan fingerprint density at radius 1 is 1.00 bits per heavy atom. The lowest BCUT2D eigenvalue weighted by Gasteiger charge is -2.11. The summed E-state index contributed by atoms with van der Waals surface area (Å²) in [5.74, 6) is -0.898. The highest BCUT2D eigenvalue weighted by atomic mass is 16.4. The Labute approximate surface area is 146 Å². The standard InChI is InChI=1S/C22H17NO2/c24-22(25)16-10-8-15(9-11-16)18-13-17-5-4-6-19(20(17)14-18)21-7-2-1-3-12-23-21/h1-12,14,23H,13H2,(H,24,25). The Morgan fingerprint density at radius 3 is 2.64 bits per heavy atom. The molecule has 0 saturated carbocycles. The van der Waals surface area contributed by atoms with Crippen LogP contribution in [0.4, 0.5) is 0 Å². The third-order valence-corrected chi connectivity index (χ3v) is 4.51. The van der Waals surface area contributed by atoms with E-state index in [1.165, 1.54) is 22.3 Å². The van der Waals surface area contributed by atoms with Crippen LogP contribution in [0.25, 0.3) is 17.3 Å². The molecule has 3 nitrogen and oxygen atoms in total. The van der Waals surface area contributed by atoms with E-state index in [1.807, 2.05) is 36.6 Å². The van der Waals surface area contributed by atoms with Crippen LogP contribution in [-0.4, -0.2) is 11.1 Å². The third-order valence-electron chi connectivity index (χ3n) is 4.51. The molecule has 0 unspecified atom stereocenters. The molecule has 3 heteroatoms. The summed E-state index contributed by atoms with van der Waals surface area (Å²) < 4.78 is 0. The highest BCUT2D eigenvalue weighted by Gasteiger charge is 2.18. The van der Waals surface area contributed by atoms with Gasteiger partial charge in [-0.15, -0.1) is 0 Å². The maximum Gasteiger partial charge on any atom is 0.335 e. The Kier molecular flexibility index (Phi) is 3.82. The van der Waals surface area contributed by atoms with E-state index in [1.54, 1.807) is 12.1 Å². The Bertz CT molecular complexity index is 960. The lowest BCUT2D eigenvalue weighted by molar-refractivity contribution is 0.0697. The molecule has 4 rings (SSSR count). The number of nitrogens with one attached hydrogen (secondary N) is 1. The second-order valence-electron chi connectivity index (χ2n) is 6.08. The van der Waals surface area contributed by atoms with Crippen LogP contribution in [0.2, 0.25) is 0 Å². The maximum atomic E-state index is 11.0. The highest BCUT2D eigenvalue weighted by Crippen LogP contribution is 2.35. The molecule has 0 bridgehead atoms. The van der Waals surface area contributed by atoms with Gasteiger partial charge in [0.1, 0.15) is 0 Å². The van der Waals surface area contributed by atoms with Crippen LogP contribution >= 0.6 is 0 Å². The second-order valence-corrected chi connectivity index (χ2v) is 6.08.